The highest BCUT2D eigenvalue weighted by Crippen LogP contribution is 2.20. The molecule has 0 fully saturated rings. The Kier molecular flexibility index (Phi) is 8.00. The van der Waals surface area contributed by atoms with Crippen molar-refractivity contribution in [1.29, 1.82) is 0 Å². The summed E-state index contributed by atoms with van der Waals surface area (Å²) < 4.78 is 0. The van der Waals surface area contributed by atoms with Crippen LogP contribution in [-0.4, -0.2) is 35.9 Å². The van der Waals surface area contributed by atoms with Crippen LogP contribution in [0.15, 0.2) is 97.3 Å². The van der Waals surface area contributed by atoms with Crippen LogP contribution >= 0.6 is 0 Å². The number of nitrogens with zero attached hydrogens (tertiary/aromatic N) is 3. The molecule has 1 aromatic heterocycles. The molecule has 188 valence electrons. The van der Waals surface area contributed by atoms with Gasteiger partial charge in [0, 0.05) is 56.5 Å². The van der Waals surface area contributed by atoms with E-state index in [-0.39, 0.29) is 11.9 Å². The minimum atomic E-state index is -0.253. The fourth-order valence-corrected chi connectivity index (χ4v) is 3.74. The van der Waals surface area contributed by atoms with Gasteiger partial charge in [-0.25, -0.2) is 4.79 Å². The van der Waals surface area contributed by atoms with Crippen LogP contribution in [0.4, 0.5) is 27.5 Å². The first kappa shape index (κ1) is 25.2. The third kappa shape index (κ3) is 6.85. The lowest BCUT2D eigenvalue weighted by Crippen LogP contribution is -2.34. The van der Waals surface area contributed by atoms with Crippen LogP contribution in [0.1, 0.15) is 21.5 Å². The van der Waals surface area contributed by atoms with Gasteiger partial charge in [-0.1, -0.05) is 24.3 Å². The number of amides is 3. The van der Waals surface area contributed by atoms with Gasteiger partial charge in [-0.15, -0.1) is 0 Å². The van der Waals surface area contributed by atoms with E-state index in [0.717, 1.165) is 16.8 Å². The van der Waals surface area contributed by atoms with Crippen LogP contribution in [0, 0.1) is 0 Å². The smallest absolute Gasteiger partial charge is 0.322 e. The summed E-state index contributed by atoms with van der Waals surface area (Å²) in [5, 5.41) is 5.82. The van der Waals surface area contributed by atoms with Crippen LogP contribution in [0.25, 0.3) is 0 Å². The lowest BCUT2D eigenvalue weighted by atomic mass is 10.1. The Balaban J connectivity index is 1.47. The third-order valence-corrected chi connectivity index (χ3v) is 5.84. The molecule has 37 heavy (non-hydrogen) atoms. The number of urea groups is 1. The first-order valence-corrected chi connectivity index (χ1v) is 11.9. The SMILES string of the molecule is CN(C)c1ccc(NC(=O)N(Cc2ccncc2)Cc2ccc(C(=O)Nc3ccccc3N)cc2)cc1. The van der Waals surface area contributed by atoms with Gasteiger partial charge >= 0.3 is 6.03 Å². The lowest BCUT2D eigenvalue weighted by Gasteiger charge is -2.24. The zero-order valence-corrected chi connectivity index (χ0v) is 20.9. The number of pyridine rings is 1. The molecule has 0 bridgehead atoms. The van der Waals surface area contributed by atoms with Gasteiger partial charge in [0.05, 0.1) is 11.4 Å². The Morgan fingerprint density at radius 3 is 2.03 bits per heavy atom. The van der Waals surface area contributed by atoms with E-state index in [1.165, 1.54) is 0 Å². The fraction of sp³-hybridized carbons (Fsp3) is 0.138. The second kappa shape index (κ2) is 11.7. The summed E-state index contributed by atoms with van der Waals surface area (Å²) in [7, 11) is 3.94. The molecule has 0 unspecified atom stereocenters. The molecule has 0 saturated carbocycles. The van der Waals surface area contributed by atoms with Crippen molar-refractivity contribution in [2.24, 2.45) is 0 Å². The zero-order valence-electron chi connectivity index (χ0n) is 20.9. The van der Waals surface area contributed by atoms with Crippen molar-refractivity contribution >= 4 is 34.7 Å². The number of carbonyl (C=O) groups excluding carboxylic acids is 2. The zero-order chi connectivity index (χ0) is 26.2. The Morgan fingerprint density at radius 1 is 0.784 bits per heavy atom. The molecule has 0 atom stereocenters. The lowest BCUT2D eigenvalue weighted by molar-refractivity contribution is 0.102. The highest BCUT2D eigenvalue weighted by atomic mass is 16.2. The molecular formula is C29H30N6O2. The van der Waals surface area contributed by atoms with E-state index >= 15 is 0 Å². The number of hydrogen-bond acceptors (Lipinski definition) is 5. The Bertz CT molecular complexity index is 1340. The molecule has 0 saturated heterocycles. The highest BCUT2D eigenvalue weighted by molar-refractivity contribution is 6.05. The molecule has 1 heterocycles. The summed E-state index contributed by atoms with van der Waals surface area (Å²) in [5.41, 5.74) is 11.1. The maximum Gasteiger partial charge on any atom is 0.322 e. The standard InChI is InChI=1S/C29H30N6O2/c1-34(2)25-13-11-24(12-14-25)32-29(37)35(20-22-15-17-31-18-16-22)19-21-7-9-23(10-8-21)28(36)33-27-6-4-3-5-26(27)30/h3-18H,19-20,30H2,1-2H3,(H,32,37)(H,33,36). The third-order valence-electron chi connectivity index (χ3n) is 5.84. The average Bonchev–Trinajstić information content (AvgIpc) is 2.91. The van der Waals surface area contributed by atoms with E-state index in [1.54, 1.807) is 41.6 Å². The highest BCUT2D eigenvalue weighted by Gasteiger charge is 2.16. The number of hydrogen-bond donors (Lipinski definition) is 3. The molecule has 8 heteroatoms. The molecule has 4 N–H and O–H groups in total. The molecule has 3 aromatic carbocycles. The van der Waals surface area contributed by atoms with Gasteiger partial charge in [0.2, 0.25) is 0 Å². The van der Waals surface area contributed by atoms with E-state index in [9.17, 15) is 9.59 Å². The van der Waals surface area contributed by atoms with E-state index in [2.05, 4.69) is 15.6 Å². The Morgan fingerprint density at radius 2 is 1.41 bits per heavy atom. The fourth-order valence-electron chi connectivity index (χ4n) is 3.74. The van der Waals surface area contributed by atoms with E-state index in [4.69, 9.17) is 5.73 Å². The van der Waals surface area contributed by atoms with Crippen LogP contribution in [0.5, 0.6) is 0 Å². The number of anilines is 4. The molecule has 4 rings (SSSR count). The molecule has 0 radical (unpaired) electrons. The minimum Gasteiger partial charge on any atom is -0.397 e. The topological polar surface area (TPSA) is 104 Å². The molecule has 3 amide bonds. The molecule has 0 aliphatic heterocycles. The van der Waals surface area contributed by atoms with Crippen LogP contribution < -0.4 is 21.3 Å². The van der Waals surface area contributed by atoms with Gasteiger partial charge in [-0.3, -0.25) is 9.78 Å². The van der Waals surface area contributed by atoms with E-state index in [0.29, 0.717) is 35.7 Å². The first-order valence-electron chi connectivity index (χ1n) is 11.9. The van der Waals surface area contributed by atoms with Gasteiger partial charge in [0.15, 0.2) is 0 Å². The number of benzene rings is 3. The molecule has 0 aliphatic carbocycles. The van der Waals surface area contributed by atoms with Crippen molar-refractivity contribution in [3.05, 3.63) is 114 Å². The number of nitrogens with two attached hydrogens (primary N) is 1. The van der Waals surface area contributed by atoms with Crippen molar-refractivity contribution in [1.82, 2.24) is 9.88 Å². The maximum atomic E-state index is 13.3. The Labute approximate surface area is 216 Å². The second-order valence-corrected chi connectivity index (χ2v) is 8.82. The van der Waals surface area contributed by atoms with Gasteiger partial charge in [0.1, 0.15) is 0 Å². The largest absolute Gasteiger partial charge is 0.397 e. The summed E-state index contributed by atoms with van der Waals surface area (Å²) in [6.07, 6.45) is 3.41. The number of aromatic nitrogens is 1. The van der Waals surface area contributed by atoms with Crippen molar-refractivity contribution in [3.63, 3.8) is 0 Å². The van der Waals surface area contributed by atoms with E-state index in [1.807, 2.05) is 79.7 Å². The van der Waals surface area contributed by atoms with Crippen LogP contribution in [-0.2, 0) is 13.1 Å². The first-order chi connectivity index (χ1) is 17.9. The van der Waals surface area contributed by atoms with Crippen molar-refractivity contribution in [2.75, 3.05) is 35.4 Å². The molecule has 0 spiro atoms. The van der Waals surface area contributed by atoms with Crippen molar-refractivity contribution < 1.29 is 9.59 Å². The van der Waals surface area contributed by atoms with Gasteiger partial charge in [0.25, 0.3) is 5.91 Å². The second-order valence-electron chi connectivity index (χ2n) is 8.82. The molecular weight excluding hydrogens is 464 g/mol. The molecule has 8 nitrogen and oxygen atoms in total. The van der Waals surface area contributed by atoms with E-state index < -0.39 is 0 Å². The number of rotatable bonds is 8. The van der Waals surface area contributed by atoms with Crippen molar-refractivity contribution in [3.8, 4) is 0 Å². The van der Waals surface area contributed by atoms with Crippen LogP contribution in [0.3, 0.4) is 0 Å². The predicted molar refractivity (Wildman–Crippen MR) is 149 cm³/mol. The van der Waals surface area contributed by atoms with Gasteiger partial charge < -0.3 is 26.2 Å². The van der Waals surface area contributed by atoms with Crippen molar-refractivity contribution in [2.45, 2.75) is 13.1 Å². The quantitative estimate of drug-likeness (QED) is 0.292. The minimum absolute atomic E-state index is 0.226. The normalized spacial score (nSPS) is 10.4. The summed E-state index contributed by atoms with van der Waals surface area (Å²) >= 11 is 0. The summed E-state index contributed by atoms with van der Waals surface area (Å²) in [6.45, 7) is 0.761. The number of nitrogen functional groups attached to an aromatic ring is 1. The monoisotopic (exact) mass is 494 g/mol. The Hall–Kier alpha value is -4.85. The van der Waals surface area contributed by atoms with Crippen LogP contribution in [0.2, 0.25) is 0 Å². The maximum absolute atomic E-state index is 13.3. The molecule has 0 aliphatic rings. The predicted octanol–water partition coefficient (Wildman–Crippen LogP) is 5.22. The number of para-hydroxylation sites is 2. The number of nitrogens with one attached hydrogen (secondary N) is 2. The summed E-state index contributed by atoms with van der Waals surface area (Å²) in [4.78, 5) is 33.7. The average molecular weight is 495 g/mol. The van der Waals surface area contributed by atoms with Gasteiger partial charge in [-0.2, -0.15) is 0 Å². The molecule has 4 aromatic rings. The summed E-state index contributed by atoms with van der Waals surface area (Å²) in [6, 6.07) is 25.5. The summed E-state index contributed by atoms with van der Waals surface area (Å²) in [5.74, 6) is -0.253. The van der Waals surface area contributed by atoms with Gasteiger partial charge in [-0.05, 0) is 71.8 Å². The number of carbonyl (C=O) groups is 2.